The Hall–Kier alpha value is -3.61. The summed E-state index contributed by atoms with van der Waals surface area (Å²) in [6.07, 6.45) is 0.0849. The minimum absolute atomic E-state index is 0.0849. The molecular weight excluding hydrogens is 358 g/mol. The highest BCUT2D eigenvalue weighted by atomic mass is 16.7. The number of nitrogens with one attached hydrogen (secondary N) is 1. The molecule has 7 nitrogen and oxygen atoms in total. The second-order valence-corrected chi connectivity index (χ2v) is 6.83. The molecule has 1 amide bonds. The van der Waals surface area contributed by atoms with Crippen molar-refractivity contribution in [3.8, 4) is 17.2 Å². The first-order valence-electron chi connectivity index (χ1n) is 9.00. The summed E-state index contributed by atoms with van der Waals surface area (Å²) in [6.45, 7) is 2.00. The molecule has 0 unspecified atom stereocenters. The third-order valence-electron chi connectivity index (χ3n) is 5.08. The van der Waals surface area contributed by atoms with Crippen LogP contribution in [0.25, 0.3) is 5.69 Å². The maximum atomic E-state index is 13.3. The lowest BCUT2D eigenvalue weighted by atomic mass is 9.85. The second-order valence-electron chi connectivity index (χ2n) is 6.83. The van der Waals surface area contributed by atoms with Crippen molar-refractivity contribution in [2.45, 2.75) is 19.3 Å². The van der Waals surface area contributed by atoms with Crippen molar-refractivity contribution < 1.29 is 19.1 Å². The number of benzene rings is 2. The first-order valence-corrected chi connectivity index (χ1v) is 9.00. The van der Waals surface area contributed by atoms with Gasteiger partial charge in [-0.15, -0.1) is 0 Å². The number of aromatic nitrogens is 2. The average Bonchev–Trinajstić information content (AvgIpc) is 3.31. The van der Waals surface area contributed by atoms with E-state index in [1.807, 2.05) is 37.3 Å². The van der Waals surface area contributed by atoms with Crippen molar-refractivity contribution in [1.82, 2.24) is 9.78 Å². The highest BCUT2D eigenvalue weighted by Crippen LogP contribution is 2.40. The fourth-order valence-corrected chi connectivity index (χ4v) is 3.78. The van der Waals surface area contributed by atoms with Crippen LogP contribution in [0.3, 0.4) is 0 Å². The van der Waals surface area contributed by atoms with Gasteiger partial charge in [0.1, 0.15) is 5.82 Å². The van der Waals surface area contributed by atoms with Crippen LogP contribution in [0, 0.1) is 6.92 Å². The van der Waals surface area contributed by atoms with E-state index in [1.165, 1.54) is 0 Å². The molecule has 0 fully saturated rings. The zero-order chi connectivity index (χ0) is 19.3. The van der Waals surface area contributed by atoms with Crippen molar-refractivity contribution >= 4 is 17.5 Å². The predicted octanol–water partition coefficient (Wildman–Crippen LogP) is 3.22. The van der Waals surface area contributed by atoms with Crippen molar-refractivity contribution in [1.29, 1.82) is 0 Å². The number of nitrogens with zero attached hydrogens (tertiary/aromatic N) is 2. The molecule has 3 heterocycles. The molecule has 2 aromatic carbocycles. The number of hydrogen-bond donors (Lipinski definition) is 1. The van der Waals surface area contributed by atoms with Gasteiger partial charge in [0.15, 0.2) is 17.3 Å². The predicted molar refractivity (Wildman–Crippen MR) is 101 cm³/mol. The van der Waals surface area contributed by atoms with Crippen LogP contribution in [0.15, 0.2) is 48.5 Å². The molecule has 7 heteroatoms. The number of carbonyl (C=O) groups excluding carboxylic acids is 2. The van der Waals surface area contributed by atoms with Gasteiger partial charge in [-0.1, -0.05) is 18.2 Å². The average molecular weight is 375 g/mol. The topological polar surface area (TPSA) is 82.5 Å². The van der Waals surface area contributed by atoms with Gasteiger partial charge in [0.2, 0.25) is 12.7 Å². The van der Waals surface area contributed by atoms with E-state index in [9.17, 15) is 9.59 Å². The molecule has 0 bridgehead atoms. The quantitative estimate of drug-likeness (QED) is 0.711. The van der Waals surface area contributed by atoms with Crippen LogP contribution in [-0.4, -0.2) is 28.3 Å². The Morgan fingerprint density at radius 3 is 2.75 bits per heavy atom. The number of para-hydroxylation sites is 1. The minimum Gasteiger partial charge on any atom is -0.454 e. The lowest BCUT2D eigenvalue weighted by Crippen LogP contribution is -2.28. The number of ether oxygens (including phenoxy) is 2. The number of amides is 1. The molecular formula is C21H17N3O4. The molecule has 3 aromatic rings. The fourth-order valence-electron chi connectivity index (χ4n) is 3.78. The Morgan fingerprint density at radius 2 is 1.93 bits per heavy atom. The summed E-state index contributed by atoms with van der Waals surface area (Å²) in [5.41, 5.74) is 2.79. The van der Waals surface area contributed by atoms with Crippen LogP contribution in [0.5, 0.6) is 11.5 Å². The Morgan fingerprint density at radius 1 is 1.14 bits per heavy atom. The number of carbonyl (C=O) groups is 2. The van der Waals surface area contributed by atoms with E-state index < -0.39 is 5.92 Å². The van der Waals surface area contributed by atoms with E-state index in [1.54, 1.807) is 22.9 Å². The van der Waals surface area contributed by atoms with Gasteiger partial charge in [-0.3, -0.25) is 9.59 Å². The standard InChI is InChI=1S/C21H17N3O4/c1-12-19-15(20(26)13-7-8-16-17(9-13)28-11-27-16)10-18(25)22-21(19)24(23-12)14-5-3-2-4-6-14/h2-9,15H,10-11H2,1H3,(H,22,25)/t15-/m0/s1. The molecule has 28 heavy (non-hydrogen) atoms. The Kier molecular flexibility index (Phi) is 3.68. The van der Waals surface area contributed by atoms with Crippen LogP contribution >= 0.6 is 0 Å². The van der Waals surface area contributed by atoms with E-state index in [-0.39, 0.29) is 24.9 Å². The number of fused-ring (bicyclic) bond motifs is 2. The molecule has 5 rings (SSSR count). The summed E-state index contributed by atoms with van der Waals surface area (Å²) in [6, 6.07) is 14.6. The molecule has 1 atom stereocenters. The highest BCUT2D eigenvalue weighted by Gasteiger charge is 2.36. The second kappa shape index (κ2) is 6.23. The molecule has 0 saturated carbocycles. The first kappa shape index (κ1) is 16.6. The lowest BCUT2D eigenvalue weighted by molar-refractivity contribution is -0.116. The normalized spacial score (nSPS) is 17.2. The van der Waals surface area contributed by atoms with Crippen molar-refractivity contribution in [2.75, 3.05) is 12.1 Å². The molecule has 1 aromatic heterocycles. The van der Waals surface area contributed by atoms with Crippen LogP contribution in [-0.2, 0) is 4.79 Å². The SMILES string of the molecule is Cc1nn(-c2ccccc2)c2c1[C@@H](C(=O)c1ccc3c(c1)OCO3)CC(=O)N2. The number of Topliss-reactive ketones (excluding diaryl/α,β-unsaturated/α-hetero) is 1. The van der Waals surface area contributed by atoms with Crippen LogP contribution < -0.4 is 14.8 Å². The van der Waals surface area contributed by atoms with Gasteiger partial charge in [0, 0.05) is 17.5 Å². The summed E-state index contributed by atoms with van der Waals surface area (Å²) in [5, 5.41) is 7.48. The highest BCUT2D eigenvalue weighted by molar-refractivity contribution is 6.08. The molecule has 0 radical (unpaired) electrons. The molecule has 1 N–H and O–H groups in total. The van der Waals surface area contributed by atoms with Crippen molar-refractivity contribution in [2.24, 2.45) is 0 Å². The van der Waals surface area contributed by atoms with Gasteiger partial charge in [0.25, 0.3) is 0 Å². The maximum Gasteiger partial charge on any atom is 0.231 e. The van der Waals surface area contributed by atoms with Crippen molar-refractivity contribution in [3.05, 3.63) is 65.4 Å². The molecule has 2 aliphatic heterocycles. The van der Waals surface area contributed by atoms with Crippen molar-refractivity contribution in [3.63, 3.8) is 0 Å². The monoisotopic (exact) mass is 375 g/mol. The number of rotatable bonds is 3. The van der Waals surface area contributed by atoms with Gasteiger partial charge in [-0.05, 0) is 37.3 Å². The van der Waals surface area contributed by atoms with E-state index >= 15 is 0 Å². The van der Waals surface area contributed by atoms with E-state index in [0.717, 1.165) is 16.9 Å². The summed E-state index contributed by atoms with van der Waals surface area (Å²) in [5.74, 6) is 0.782. The summed E-state index contributed by atoms with van der Waals surface area (Å²) in [4.78, 5) is 25.7. The smallest absolute Gasteiger partial charge is 0.231 e. The lowest BCUT2D eigenvalue weighted by Gasteiger charge is -2.23. The van der Waals surface area contributed by atoms with Gasteiger partial charge >= 0.3 is 0 Å². The Balaban J connectivity index is 1.59. The minimum atomic E-state index is -0.596. The van der Waals surface area contributed by atoms with E-state index in [4.69, 9.17) is 9.47 Å². The zero-order valence-corrected chi connectivity index (χ0v) is 15.1. The third-order valence-corrected chi connectivity index (χ3v) is 5.08. The zero-order valence-electron chi connectivity index (χ0n) is 15.1. The van der Waals surface area contributed by atoms with Gasteiger partial charge in [0.05, 0.1) is 17.3 Å². The largest absolute Gasteiger partial charge is 0.454 e. The number of aryl methyl sites for hydroxylation is 1. The maximum absolute atomic E-state index is 13.3. The van der Waals surface area contributed by atoms with Crippen LogP contribution in [0.2, 0.25) is 0 Å². The number of anilines is 1. The Bertz CT molecular complexity index is 1100. The molecule has 0 saturated heterocycles. The number of hydrogen-bond acceptors (Lipinski definition) is 5. The van der Waals surface area contributed by atoms with Crippen LogP contribution in [0.4, 0.5) is 5.82 Å². The first-order chi connectivity index (χ1) is 13.6. The fraction of sp³-hybridized carbons (Fsp3) is 0.190. The van der Waals surface area contributed by atoms with E-state index in [2.05, 4.69) is 10.4 Å². The van der Waals surface area contributed by atoms with E-state index in [0.29, 0.717) is 22.9 Å². The van der Waals surface area contributed by atoms with Gasteiger partial charge < -0.3 is 14.8 Å². The summed E-state index contributed by atoms with van der Waals surface area (Å²) < 4.78 is 12.4. The molecule has 0 aliphatic carbocycles. The summed E-state index contributed by atoms with van der Waals surface area (Å²) in [7, 11) is 0. The molecule has 0 spiro atoms. The summed E-state index contributed by atoms with van der Waals surface area (Å²) >= 11 is 0. The van der Waals surface area contributed by atoms with Gasteiger partial charge in [-0.2, -0.15) is 5.10 Å². The number of ketones is 1. The Labute approximate surface area is 160 Å². The molecule has 2 aliphatic rings. The molecule has 140 valence electrons. The van der Waals surface area contributed by atoms with Crippen LogP contribution in [0.1, 0.15) is 34.0 Å². The van der Waals surface area contributed by atoms with Gasteiger partial charge in [-0.25, -0.2) is 4.68 Å². The third kappa shape index (κ3) is 2.55.